The molecule has 0 bridgehead atoms. The summed E-state index contributed by atoms with van der Waals surface area (Å²) in [6, 6.07) is 2.47. The van der Waals surface area contributed by atoms with Gasteiger partial charge in [-0.15, -0.1) is 0 Å². The van der Waals surface area contributed by atoms with Crippen molar-refractivity contribution in [3.63, 3.8) is 0 Å². The monoisotopic (exact) mass is 224 g/mol. The summed E-state index contributed by atoms with van der Waals surface area (Å²) in [5.41, 5.74) is 0. The Morgan fingerprint density at radius 3 is 2.56 bits per heavy atom. The molecule has 1 aliphatic heterocycles. The van der Waals surface area contributed by atoms with E-state index in [4.69, 9.17) is 0 Å². The van der Waals surface area contributed by atoms with E-state index in [1.165, 1.54) is 45.2 Å². The third kappa shape index (κ3) is 2.98. The number of hydrogen-bond acceptors (Lipinski definition) is 2. The minimum atomic E-state index is 0.774. The number of rotatable bonds is 6. The van der Waals surface area contributed by atoms with E-state index < -0.39 is 0 Å². The standard InChI is InChI=1S/C14H28N2/c1-4-13(10-15-12-7-8-12)16-9-5-6-14(16)11(2)3/h11-15H,4-10H2,1-3H3. The van der Waals surface area contributed by atoms with Gasteiger partial charge in [-0.2, -0.15) is 0 Å². The lowest BCUT2D eigenvalue weighted by atomic mass is 10.00. The van der Waals surface area contributed by atoms with Gasteiger partial charge in [0.15, 0.2) is 0 Å². The van der Waals surface area contributed by atoms with Crippen LogP contribution in [0.5, 0.6) is 0 Å². The van der Waals surface area contributed by atoms with E-state index in [2.05, 4.69) is 31.0 Å². The van der Waals surface area contributed by atoms with Crippen molar-refractivity contribution < 1.29 is 0 Å². The van der Waals surface area contributed by atoms with E-state index in [9.17, 15) is 0 Å². The van der Waals surface area contributed by atoms with Crippen LogP contribution in [0.4, 0.5) is 0 Å². The van der Waals surface area contributed by atoms with Crippen LogP contribution < -0.4 is 5.32 Å². The summed E-state index contributed by atoms with van der Waals surface area (Å²) < 4.78 is 0. The Morgan fingerprint density at radius 2 is 2.00 bits per heavy atom. The molecule has 2 nitrogen and oxygen atoms in total. The minimum absolute atomic E-state index is 0.774. The zero-order chi connectivity index (χ0) is 11.5. The first-order valence-electron chi connectivity index (χ1n) is 7.21. The molecule has 1 heterocycles. The maximum absolute atomic E-state index is 3.70. The fourth-order valence-corrected chi connectivity index (χ4v) is 3.07. The highest BCUT2D eigenvalue weighted by atomic mass is 15.2. The summed E-state index contributed by atoms with van der Waals surface area (Å²) in [5, 5.41) is 3.70. The zero-order valence-electron chi connectivity index (χ0n) is 11.2. The second-order valence-corrected chi connectivity index (χ2v) is 5.94. The molecule has 0 radical (unpaired) electrons. The number of likely N-dealkylation sites (tertiary alicyclic amines) is 1. The van der Waals surface area contributed by atoms with Crippen LogP contribution in [0.15, 0.2) is 0 Å². The number of hydrogen-bond donors (Lipinski definition) is 1. The van der Waals surface area contributed by atoms with Gasteiger partial charge in [0.1, 0.15) is 0 Å². The SMILES string of the molecule is CCC(CNC1CC1)N1CCCC1C(C)C. The van der Waals surface area contributed by atoms with Crippen molar-refractivity contribution in [2.75, 3.05) is 13.1 Å². The van der Waals surface area contributed by atoms with Gasteiger partial charge in [-0.05, 0) is 44.6 Å². The second-order valence-electron chi connectivity index (χ2n) is 5.94. The largest absolute Gasteiger partial charge is 0.312 e. The van der Waals surface area contributed by atoms with Crippen molar-refractivity contribution in [1.29, 1.82) is 0 Å². The van der Waals surface area contributed by atoms with Crippen molar-refractivity contribution in [1.82, 2.24) is 10.2 Å². The lowest BCUT2D eigenvalue weighted by Crippen LogP contribution is -2.46. The third-order valence-electron chi connectivity index (χ3n) is 4.27. The van der Waals surface area contributed by atoms with E-state index >= 15 is 0 Å². The quantitative estimate of drug-likeness (QED) is 0.746. The lowest BCUT2D eigenvalue weighted by Gasteiger charge is -2.35. The number of nitrogens with zero attached hydrogens (tertiary/aromatic N) is 1. The van der Waals surface area contributed by atoms with Crippen LogP contribution in [0, 0.1) is 5.92 Å². The van der Waals surface area contributed by atoms with Crippen molar-refractivity contribution in [2.45, 2.75) is 71.0 Å². The van der Waals surface area contributed by atoms with Gasteiger partial charge in [0.2, 0.25) is 0 Å². The van der Waals surface area contributed by atoms with Crippen LogP contribution in [0.3, 0.4) is 0 Å². The Morgan fingerprint density at radius 1 is 1.25 bits per heavy atom. The smallest absolute Gasteiger partial charge is 0.0221 e. The molecule has 2 fully saturated rings. The highest BCUT2D eigenvalue weighted by Gasteiger charge is 2.32. The molecule has 0 aromatic carbocycles. The molecule has 1 N–H and O–H groups in total. The summed E-state index contributed by atoms with van der Waals surface area (Å²) in [6.07, 6.45) is 6.93. The first kappa shape index (κ1) is 12.4. The molecule has 16 heavy (non-hydrogen) atoms. The predicted molar refractivity (Wildman–Crippen MR) is 69.7 cm³/mol. The molecule has 2 unspecified atom stereocenters. The van der Waals surface area contributed by atoms with E-state index in [-0.39, 0.29) is 0 Å². The van der Waals surface area contributed by atoms with Crippen LogP contribution in [-0.2, 0) is 0 Å². The molecular formula is C14H28N2. The molecule has 2 heteroatoms. The molecule has 1 aliphatic carbocycles. The molecule has 1 saturated heterocycles. The highest BCUT2D eigenvalue weighted by molar-refractivity contribution is 4.89. The number of nitrogens with one attached hydrogen (secondary N) is 1. The molecule has 2 rings (SSSR count). The van der Waals surface area contributed by atoms with Gasteiger partial charge >= 0.3 is 0 Å². The summed E-state index contributed by atoms with van der Waals surface area (Å²) in [6.45, 7) is 9.64. The van der Waals surface area contributed by atoms with E-state index in [1.807, 2.05) is 0 Å². The first-order chi connectivity index (χ1) is 7.72. The molecule has 0 aromatic rings. The van der Waals surface area contributed by atoms with Gasteiger partial charge in [0.25, 0.3) is 0 Å². The average Bonchev–Trinajstić information content (AvgIpc) is 2.94. The van der Waals surface area contributed by atoms with Gasteiger partial charge < -0.3 is 5.32 Å². The van der Waals surface area contributed by atoms with Crippen molar-refractivity contribution >= 4 is 0 Å². The van der Waals surface area contributed by atoms with Crippen LogP contribution in [-0.4, -0.2) is 36.1 Å². The van der Waals surface area contributed by atoms with Crippen LogP contribution in [0.2, 0.25) is 0 Å². The molecular weight excluding hydrogens is 196 g/mol. The summed E-state index contributed by atoms with van der Waals surface area (Å²) in [7, 11) is 0. The molecule has 1 saturated carbocycles. The molecule has 0 spiro atoms. The molecule has 2 atom stereocenters. The first-order valence-corrected chi connectivity index (χ1v) is 7.21. The lowest BCUT2D eigenvalue weighted by molar-refractivity contribution is 0.139. The van der Waals surface area contributed by atoms with Gasteiger partial charge in [-0.25, -0.2) is 0 Å². The van der Waals surface area contributed by atoms with Crippen molar-refractivity contribution in [2.24, 2.45) is 5.92 Å². The van der Waals surface area contributed by atoms with Crippen molar-refractivity contribution in [3.05, 3.63) is 0 Å². The molecule has 0 amide bonds. The fraction of sp³-hybridized carbons (Fsp3) is 1.00. The molecule has 2 aliphatic rings. The van der Waals surface area contributed by atoms with E-state index in [0.29, 0.717) is 0 Å². The highest BCUT2D eigenvalue weighted by Crippen LogP contribution is 2.27. The Labute approximate surface area is 101 Å². The topological polar surface area (TPSA) is 15.3 Å². The van der Waals surface area contributed by atoms with E-state index in [1.54, 1.807) is 0 Å². The zero-order valence-corrected chi connectivity index (χ0v) is 11.2. The fourth-order valence-electron chi connectivity index (χ4n) is 3.07. The van der Waals surface area contributed by atoms with Gasteiger partial charge in [0.05, 0.1) is 0 Å². The van der Waals surface area contributed by atoms with Gasteiger partial charge in [-0.1, -0.05) is 20.8 Å². The second kappa shape index (κ2) is 5.50. The van der Waals surface area contributed by atoms with Crippen LogP contribution in [0.1, 0.15) is 52.9 Å². The normalized spacial score (nSPS) is 28.9. The average molecular weight is 224 g/mol. The Balaban J connectivity index is 1.85. The molecule has 94 valence electrons. The predicted octanol–water partition coefficient (Wildman–Crippen LogP) is 2.64. The Bertz CT molecular complexity index is 211. The maximum Gasteiger partial charge on any atom is 0.0221 e. The Hall–Kier alpha value is -0.0800. The summed E-state index contributed by atoms with van der Waals surface area (Å²) >= 11 is 0. The maximum atomic E-state index is 3.70. The summed E-state index contributed by atoms with van der Waals surface area (Å²) in [4.78, 5) is 2.78. The minimum Gasteiger partial charge on any atom is -0.312 e. The van der Waals surface area contributed by atoms with Crippen molar-refractivity contribution in [3.8, 4) is 0 Å². The van der Waals surface area contributed by atoms with Crippen LogP contribution in [0.25, 0.3) is 0 Å². The summed E-state index contributed by atoms with van der Waals surface area (Å²) in [5.74, 6) is 0.817. The van der Waals surface area contributed by atoms with Gasteiger partial charge in [-0.3, -0.25) is 4.90 Å². The third-order valence-corrected chi connectivity index (χ3v) is 4.27. The molecule has 0 aromatic heterocycles. The van der Waals surface area contributed by atoms with E-state index in [0.717, 1.165) is 24.0 Å². The van der Waals surface area contributed by atoms with Gasteiger partial charge in [0, 0.05) is 24.7 Å². The van der Waals surface area contributed by atoms with Crippen LogP contribution >= 0.6 is 0 Å². The Kier molecular flexibility index (Phi) is 4.26.